The van der Waals surface area contributed by atoms with Crippen LogP contribution < -0.4 is 0 Å². The Bertz CT molecular complexity index is 545. The molecule has 0 saturated heterocycles. The summed E-state index contributed by atoms with van der Waals surface area (Å²) in [5.41, 5.74) is 2.67. The Morgan fingerprint density at radius 2 is 1.82 bits per heavy atom. The molecule has 1 saturated carbocycles. The van der Waals surface area contributed by atoms with E-state index >= 15 is 0 Å². The van der Waals surface area contributed by atoms with E-state index in [1.165, 1.54) is 42.2 Å². The van der Waals surface area contributed by atoms with E-state index in [9.17, 15) is 4.39 Å². The molecule has 3 rings (SSSR count). The molecule has 17 heavy (non-hydrogen) atoms. The van der Waals surface area contributed by atoms with E-state index in [2.05, 4.69) is 19.1 Å². The van der Waals surface area contributed by atoms with Gasteiger partial charge in [-0.15, -0.1) is 0 Å². The van der Waals surface area contributed by atoms with Crippen LogP contribution in [-0.4, -0.2) is 0 Å². The molecule has 0 heterocycles. The molecule has 0 spiro atoms. The van der Waals surface area contributed by atoms with Crippen molar-refractivity contribution in [2.75, 3.05) is 0 Å². The van der Waals surface area contributed by atoms with Gasteiger partial charge in [0.2, 0.25) is 0 Å². The topological polar surface area (TPSA) is 0 Å². The minimum atomic E-state index is -0.138. The van der Waals surface area contributed by atoms with Crippen LogP contribution in [0.25, 0.3) is 10.8 Å². The number of halogens is 1. The van der Waals surface area contributed by atoms with Gasteiger partial charge in [-0.25, -0.2) is 4.39 Å². The van der Waals surface area contributed by atoms with Gasteiger partial charge in [0.25, 0.3) is 0 Å². The first kappa shape index (κ1) is 10.8. The molecule has 88 valence electrons. The van der Waals surface area contributed by atoms with E-state index in [1.54, 1.807) is 12.1 Å². The van der Waals surface area contributed by atoms with Gasteiger partial charge < -0.3 is 0 Å². The zero-order chi connectivity index (χ0) is 11.8. The van der Waals surface area contributed by atoms with Crippen molar-refractivity contribution in [1.29, 1.82) is 0 Å². The third-order valence-electron chi connectivity index (χ3n) is 3.89. The lowest BCUT2D eigenvalue weighted by molar-refractivity contribution is 0.629. The SMILES string of the molecule is Cc1cc(C2CCCC2)c2ccc(F)cc2c1. The average molecular weight is 228 g/mol. The fourth-order valence-corrected chi connectivity index (χ4v) is 3.10. The summed E-state index contributed by atoms with van der Waals surface area (Å²) in [6, 6.07) is 9.54. The first-order chi connectivity index (χ1) is 8.24. The van der Waals surface area contributed by atoms with Crippen LogP contribution >= 0.6 is 0 Å². The fourth-order valence-electron chi connectivity index (χ4n) is 3.10. The van der Waals surface area contributed by atoms with Crippen molar-refractivity contribution < 1.29 is 4.39 Å². The maximum atomic E-state index is 13.3. The maximum absolute atomic E-state index is 13.3. The Kier molecular flexibility index (Phi) is 2.62. The van der Waals surface area contributed by atoms with Crippen LogP contribution in [0.15, 0.2) is 30.3 Å². The van der Waals surface area contributed by atoms with Crippen molar-refractivity contribution in [2.24, 2.45) is 0 Å². The lowest BCUT2D eigenvalue weighted by Gasteiger charge is -2.14. The Balaban J connectivity index is 2.21. The summed E-state index contributed by atoms with van der Waals surface area (Å²) in [5.74, 6) is 0.545. The van der Waals surface area contributed by atoms with Crippen molar-refractivity contribution >= 4 is 10.8 Å². The largest absolute Gasteiger partial charge is 0.207 e. The molecule has 0 atom stereocenters. The summed E-state index contributed by atoms with van der Waals surface area (Å²) in [7, 11) is 0. The van der Waals surface area contributed by atoms with E-state index in [4.69, 9.17) is 0 Å². The molecule has 0 N–H and O–H groups in total. The molecular weight excluding hydrogens is 211 g/mol. The minimum Gasteiger partial charge on any atom is -0.207 e. The highest BCUT2D eigenvalue weighted by molar-refractivity contribution is 5.87. The van der Waals surface area contributed by atoms with Crippen LogP contribution in [0.4, 0.5) is 4.39 Å². The third-order valence-corrected chi connectivity index (χ3v) is 3.89. The Labute approximate surface area is 101 Å². The Hall–Kier alpha value is -1.37. The summed E-state index contributed by atoms with van der Waals surface area (Å²) in [6.07, 6.45) is 5.24. The van der Waals surface area contributed by atoms with Gasteiger partial charge in [-0.2, -0.15) is 0 Å². The highest BCUT2D eigenvalue weighted by Crippen LogP contribution is 2.38. The van der Waals surface area contributed by atoms with Gasteiger partial charge in [-0.1, -0.05) is 36.6 Å². The predicted molar refractivity (Wildman–Crippen MR) is 69.9 cm³/mol. The standard InChI is InChI=1S/C16H17F/c1-11-8-13-10-14(17)6-7-15(13)16(9-11)12-4-2-3-5-12/h6-10,12H,2-5H2,1H3. The van der Waals surface area contributed by atoms with E-state index in [-0.39, 0.29) is 5.82 Å². The Morgan fingerprint density at radius 1 is 1.06 bits per heavy atom. The van der Waals surface area contributed by atoms with Gasteiger partial charge in [0, 0.05) is 0 Å². The van der Waals surface area contributed by atoms with Crippen LogP contribution in [0, 0.1) is 12.7 Å². The molecule has 0 amide bonds. The van der Waals surface area contributed by atoms with E-state index in [0.29, 0.717) is 5.92 Å². The second kappa shape index (κ2) is 4.14. The number of benzene rings is 2. The first-order valence-corrected chi connectivity index (χ1v) is 6.44. The molecule has 1 aliphatic carbocycles. The summed E-state index contributed by atoms with van der Waals surface area (Å²) < 4.78 is 13.3. The van der Waals surface area contributed by atoms with Crippen LogP contribution in [0.3, 0.4) is 0 Å². The zero-order valence-electron chi connectivity index (χ0n) is 10.2. The molecule has 2 aromatic rings. The summed E-state index contributed by atoms with van der Waals surface area (Å²) in [4.78, 5) is 0. The second-order valence-electron chi connectivity index (χ2n) is 5.20. The van der Waals surface area contributed by atoms with Gasteiger partial charge in [0.1, 0.15) is 5.82 Å². The molecule has 0 unspecified atom stereocenters. The normalized spacial score (nSPS) is 16.8. The molecule has 1 aliphatic rings. The van der Waals surface area contributed by atoms with Gasteiger partial charge >= 0.3 is 0 Å². The fraction of sp³-hybridized carbons (Fsp3) is 0.375. The third kappa shape index (κ3) is 1.95. The molecule has 0 bridgehead atoms. The molecule has 2 aromatic carbocycles. The molecule has 0 radical (unpaired) electrons. The molecule has 0 nitrogen and oxygen atoms in total. The minimum absolute atomic E-state index is 0.138. The Morgan fingerprint density at radius 3 is 2.59 bits per heavy atom. The summed E-state index contributed by atoms with van der Waals surface area (Å²) >= 11 is 0. The predicted octanol–water partition coefficient (Wildman–Crippen LogP) is 4.94. The average Bonchev–Trinajstić information content (AvgIpc) is 2.80. The lowest BCUT2D eigenvalue weighted by Crippen LogP contribution is -1.95. The van der Waals surface area contributed by atoms with Gasteiger partial charge in [-0.3, -0.25) is 0 Å². The van der Waals surface area contributed by atoms with Crippen molar-refractivity contribution in [3.8, 4) is 0 Å². The molecule has 0 aliphatic heterocycles. The summed E-state index contributed by atoms with van der Waals surface area (Å²) in [5, 5.41) is 2.29. The number of hydrogen-bond donors (Lipinski definition) is 0. The number of fused-ring (bicyclic) bond motifs is 1. The molecule has 1 fully saturated rings. The monoisotopic (exact) mass is 228 g/mol. The van der Waals surface area contributed by atoms with Crippen molar-refractivity contribution in [1.82, 2.24) is 0 Å². The van der Waals surface area contributed by atoms with Gasteiger partial charge in [-0.05, 0) is 54.2 Å². The lowest BCUT2D eigenvalue weighted by atomic mass is 9.90. The van der Waals surface area contributed by atoms with Gasteiger partial charge in [0.05, 0.1) is 0 Å². The van der Waals surface area contributed by atoms with Crippen LogP contribution in [0.1, 0.15) is 42.7 Å². The zero-order valence-corrected chi connectivity index (χ0v) is 10.2. The second-order valence-corrected chi connectivity index (χ2v) is 5.20. The van der Waals surface area contributed by atoms with Crippen molar-refractivity contribution in [2.45, 2.75) is 38.5 Å². The van der Waals surface area contributed by atoms with E-state index < -0.39 is 0 Å². The van der Waals surface area contributed by atoms with E-state index in [1.807, 2.05) is 6.07 Å². The van der Waals surface area contributed by atoms with Crippen LogP contribution in [0.5, 0.6) is 0 Å². The first-order valence-electron chi connectivity index (χ1n) is 6.44. The van der Waals surface area contributed by atoms with Crippen LogP contribution in [0.2, 0.25) is 0 Å². The quantitative estimate of drug-likeness (QED) is 0.648. The molecular formula is C16H17F. The van der Waals surface area contributed by atoms with Crippen molar-refractivity contribution in [3.05, 3.63) is 47.3 Å². The van der Waals surface area contributed by atoms with Crippen LogP contribution in [-0.2, 0) is 0 Å². The highest BCUT2D eigenvalue weighted by atomic mass is 19.1. The summed E-state index contributed by atoms with van der Waals surface area (Å²) in [6.45, 7) is 2.10. The highest BCUT2D eigenvalue weighted by Gasteiger charge is 2.19. The number of hydrogen-bond acceptors (Lipinski definition) is 0. The maximum Gasteiger partial charge on any atom is 0.123 e. The smallest absolute Gasteiger partial charge is 0.123 e. The van der Waals surface area contributed by atoms with Crippen molar-refractivity contribution in [3.63, 3.8) is 0 Å². The number of aryl methyl sites for hydroxylation is 1. The molecule has 1 heteroatoms. The number of rotatable bonds is 1. The van der Waals surface area contributed by atoms with E-state index in [0.717, 1.165) is 5.39 Å². The molecule has 0 aromatic heterocycles. The van der Waals surface area contributed by atoms with Gasteiger partial charge in [0.15, 0.2) is 0 Å².